The van der Waals surface area contributed by atoms with Crippen LogP contribution < -0.4 is 31.1 Å². The van der Waals surface area contributed by atoms with E-state index < -0.39 is 0 Å². The van der Waals surface area contributed by atoms with Crippen molar-refractivity contribution in [1.82, 2.24) is 30.3 Å². The second-order valence-corrected chi connectivity index (χ2v) is 15.8. The van der Waals surface area contributed by atoms with E-state index in [4.69, 9.17) is 5.73 Å². The molecule has 0 aromatic heterocycles. The van der Waals surface area contributed by atoms with Gasteiger partial charge < -0.3 is 26.6 Å². The Hall–Kier alpha value is 0.420. The third-order valence-electron chi connectivity index (χ3n) is 8.96. The molecule has 0 bridgehead atoms. The maximum atomic E-state index is 5.54. The van der Waals surface area contributed by atoms with Crippen molar-refractivity contribution in [3.8, 4) is 0 Å². The number of nitrogens with one attached hydrogen (secondary N) is 5. The zero-order valence-corrected chi connectivity index (χ0v) is 34.1. The van der Waals surface area contributed by atoms with Crippen molar-refractivity contribution in [2.24, 2.45) is 5.73 Å². The van der Waals surface area contributed by atoms with E-state index >= 15 is 0 Å². The molecule has 290 valence electrons. The minimum absolute atomic E-state index is 0.786. The van der Waals surface area contributed by atoms with Gasteiger partial charge in [0.15, 0.2) is 0 Å². The minimum atomic E-state index is 0.786. The van der Waals surface area contributed by atoms with Crippen LogP contribution in [0.15, 0.2) is 0 Å². The lowest BCUT2D eigenvalue weighted by atomic mass is 10.1. The number of hydrogen-bond acceptors (Lipinski definition) is 9. The number of hydrogen-bond donors (Lipinski definition) is 6. The monoisotopic (exact) mass is 718 g/mol. The van der Waals surface area contributed by atoms with Crippen LogP contribution in [0.3, 0.4) is 0 Å². The molecule has 0 unspecified atom stereocenters. The fourth-order valence-electron chi connectivity index (χ4n) is 5.86. The van der Waals surface area contributed by atoms with Crippen molar-refractivity contribution in [3.63, 3.8) is 0 Å². The van der Waals surface area contributed by atoms with Crippen LogP contribution in [-0.4, -0.2) is 94.9 Å². The first-order valence-electron chi connectivity index (χ1n) is 21.1. The maximum Gasteiger partial charge on any atom is 0.00786 e. The van der Waals surface area contributed by atoms with Gasteiger partial charge in [0, 0.05) is 24.6 Å². The first-order chi connectivity index (χ1) is 23.8. The quantitative estimate of drug-likeness (QED) is 0.0274. The molecule has 0 amide bonds. The van der Waals surface area contributed by atoms with Gasteiger partial charge in [0.2, 0.25) is 0 Å². The Morgan fingerprint density at radius 2 is 0.729 bits per heavy atom. The summed E-state index contributed by atoms with van der Waals surface area (Å²) in [6.07, 6.45) is 31.0. The first kappa shape index (κ1) is 48.4. The van der Waals surface area contributed by atoms with Crippen molar-refractivity contribution in [2.75, 3.05) is 90.0 Å². The van der Waals surface area contributed by atoms with Gasteiger partial charge in [-0.15, -0.1) is 0 Å². The number of nitrogens with two attached hydrogens (primary N) is 1. The molecule has 0 aliphatic rings. The highest BCUT2D eigenvalue weighted by Crippen LogP contribution is 2.11. The van der Waals surface area contributed by atoms with Gasteiger partial charge in [-0.1, -0.05) is 128 Å². The van der Waals surface area contributed by atoms with Gasteiger partial charge >= 0.3 is 0 Å². The third-order valence-corrected chi connectivity index (χ3v) is 10.8. The Morgan fingerprint density at radius 3 is 1.17 bits per heavy atom. The van der Waals surface area contributed by atoms with E-state index in [2.05, 4.69) is 44.1 Å². The molecule has 7 nitrogen and oxygen atoms in total. The largest absolute Gasteiger partial charge is 0.330 e. The van der Waals surface area contributed by atoms with E-state index in [9.17, 15) is 0 Å². The van der Waals surface area contributed by atoms with Crippen LogP contribution in [0.5, 0.6) is 0 Å². The SMILES string of the molecule is CCCCCCCCCCSNCCCN(CCCNCCCNCCCCNCCCN)CCCNSCCCCCCCCCC. The molecule has 0 aliphatic heterocycles. The van der Waals surface area contributed by atoms with Gasteiger partial charge in [-0.2, -0.15) is 0 Å². The summed E-state index contributed by atoms with van der Waals surface area (Å²) >= 11 is 3.90. The van der Waals surface area contributed by atoms with Crippen molar-refractivity contribution >= 4 is 23.9 Å². The Kier molecular flexibility index (Phi) is 45.8. The summed E-state index contributed by atoms with van der Waals surface area (Å²) in [5.74, 6) is 2.52. The van der Waals surface area contributed by atoms with E-state index in [-0.39, 0.29) is 0 Å². The molecule has 0 fully saturated rings. The highest BCUT2D eigenvalue weighted by molar-refractivity contribution is 7.97. The summed E-state index contributed by atoms with van der Waals surface area (Å²) in [4.78, 5) is 2.71. The Balaban J connectivity index is 3.92. The molecular formula is C39H87N7S2. The van der Waals surface area contributed by atoms with E-state index in [0.717, 1.165) is 65.3 Å². The highest BCUT2D eigenvalue weighted by Gasteiger charge is 2.05. The predicted octanol–water partition coefficient (Wildman–Crippen LogP) is 8.50. The topological polar surface area (TPSA) is 89.4 Å². The summed E-state index contributed by atoms with van der Waals surface area (Å²) in [5, 5.41) is 10.8. The van der Waals surface area contributed by atoms with Crippen molar-refractivity contribution < 1.29 is 0 Å². The highest BCUT2D eigenvalue weighted by atomic mass is 32.2. The summed E-state index contributed by atoms with van der Waals surface area (Å²) in [6, 6.07) is 0. The third kappa shape index (κ3) is 42.6. The predicted molar refractivity (Wildman–Crippen MR) is 223 cm³/mol. The average Bonchev–Trinajstić information content (AvgIpc) is 3.10. The van der Waals surface area contributed by atoms with Crippen LogP contribution in [-0.2, 0) is 0 Å². The van der Waals surface area contributed by atoms with Crippen LogP contribution >= 0.6 is 23.9 Å². The molecule has 0 spiro atoms. The summed E-state index contributed by atoms with van der Waals surface area (Å²) < 4.78 is 7.30. The van der Waals surface area contributed by atoms with Crippen LogP contribution in [0.1, 0.15) is 162 Å². The molecule has 7 N–H and O–H groups in total. The molecule has 0 atom stereocenters. The second-order valence-electron chi connectivity index (χ2n) is 13.8. The first-order valence-corrected chi connectivity index (χ1v) is 23.1. The lowest BCUT2D eigenvalue weighted by Gasteiger charge is -2.22. The van der Waals surface area contributed by atoms with Gasteiger partial charge in [0.1, 0.15) is 0 Å². The molecule has 0 heterocycles. The van der Waals surface area contributed by atoms with E-state index in [0.29, 0.717) is 0 Å². The standard InChI is InChI=1S/C39H87N7S2/c1-3-5-7-9-11-13-15-19-38-47-44-33-24-36-46(37-25-34-45-48-39-20-16-14-12-10-8-6-4-2)35-23-32-43-31-22-30-42-28-18-17-27-41-29-21-26-40/h41-45H,3-40H2,1-2H3. The van der Waals surface area contributed by atoms with Crippen molar-refractivity contribution in [2.45, 2.75) is 162 Å². The smallest absolute Gasteiger partial charge is 0.00786 e. The van der Waals surface area contributed by atoms with E-state index in [1.54, 1.807) is 0 Å². The van der Waals surface area contributed by atoms with Gasteiger partial charge in [0.05, 0.1) is 0 Å². The molecule has 9 heteroatoms. The van der Waals surface area contributed by atoms with Crippen LogP contribution in [0.4, 0.5) is 0 Å². The fourth-order valence-corrected chi connectivity index (χ4v) is 7.42. The Labute approximate surface area is 310 Å². The molecule has 0 saturated carbocycles. The average molecular weight is 718 g/mol. The number of nitrogens with zero attached hydrogens (tertiary/aromatic N) is 1. The molecule has 0 saturated heterocycles. The zero-order chi connectivity index (χ0) is 34.7. The number of unbranched alkanes of at least 4 members (excludes halogenated alkanes) is 15. The molecule has 0 aliphatic carbocycles. The summed E-state index contributed by atoms with van der Waals surface area (Å²) in [5.41, 5.74) is 5.54. The lowest BCUT2D eigenvalue weighted by Crippen LogP contribution is -2.32. The molecule has 0 aromatic carbocycles. The molecule has 0 aromatic rings. The zero-order valence-electron chi connectivity index (χ0n) is 32.5. The summed E-state index contributed by atoms with van der Waals surface area (Å²) in [7, 11) is 0. The van der Waals surface area contributed by atoms with Crippen LogP contribution in [0.2, 0.25) is 0 Å². The van der Waals surface area contributed by atoms with Gasteiger partial charge in [-0.25, -0.2) is 0 Å². The summed E-state index contributed by atoms with van der Waals surface area (Å²) in [6.45, 7) is 17.9. The lowest BCUT2D eigenvalue weighted by molar-refractivity contribution is 0.264. The number of rotatable bonds is 44. The Bertz CT molecular complexity index is 532. The van der Waals surface area contributed by atoms with Gasteiger partial charge in [-0.05, 0) is 123 Å². The van der Waals surface area contributed by atoms with E-state index in [1.165, 1.54) is 172 Å². The van der Waals surface area contributed by atoms with Crippen LogP contribution in [0, 0.1) is 0 Å². The van der Waals surface area contributed by atoms with Crippen molar-refractivity contribution in [1.29, 1.82) is 0 Å². The molecule has 0 radical (unpaired) electrons. The van der Waals surface area contributed by atoms with Crippen molar-refractivity contribution in [3.05, 3.63) is 0 Å². The van der Waals surface area contributed by atoms with Crippen LogP contribution in [0.25, 0.3) is 0 Å². The van der Waals surface area contributed by atoms with Gasteiger partial charge in [-0.3, -0.25) is 9.44 Å². The second kappa shape index (κ2) is 45.4. The van der Waals surface area contributed by atoms with Gasteiger partial charge in [0.25, 0.3) is 0 Å². The van der Waals surface area contributed by atoms with E-state index in [1.807, 2.05) is 23.9 Å². The normalized spacial score (nSPS) is 11.8. The minimum Gasteiger partial charge on any atom is -0.330 e. The fraction of sp³-hybridized carbons (Fsp3) is 1.00. The molecule has 48 heavy (non-hydrogen) atoms. The maximum absolute atomic E-state index is 5.54. The molecule has 0 rings (SSSR count). The molecular weight excluding hydrogens is 631 g/mol. The Morgan fingerprint density at radius 1 is 0.375 bits per heavy atom.